The standard InChI is InChI=1S/C47H28N2O2S/c1-2-10-29(11-3-1)31-20-22-34(23-21-31)49(35-24-25-37-36-14-6-8-16-39(36)50-40(37)27-35)46-44-38-15-7-9-17-42(38)52-43(44)28-41-45(46)48-47(51-41)33-19-18-30-12-4-5-13-32(30)26-33/h1-28H. The van der Waals surface area contributed by atoms with Gasteiger partial charge in [-0.1, -0.05) is 109 Å². The van der Waals surface area contributed by atoms with Crippen molar-refractivity contribution in [3.63, 3.8) is 0 Å². The number of rotatable bonds is 5. The Morgan fingerprint density at radius 2 is 1.13 bits per heavy atom. The van der Waals surface area contributed by atoms with E-state index >= 15 is 0 Å². The zero-order chi connectivity index (χ0) is 34.2. The lowest BCUT2D eigenvalue weighted by Crippen LogP contribution is -2.11. The molecule has 11 aromatic rings. The Morgan fingerprint density at radius 3 is 2.02 bits per heavy atom. The van der Waals surface area contributed by atoms with E-state index in [1.807, 2.05) is 12.1 Å². The van der Waals surface area contributed by atoms with Crippen LogP contribution in [-0.2, 0) is 0 Å². The molecular formula is C47H28N2O2S. The van der Waals surface area contributed by atoms with E-state index < -0.39 is 0 Å². The van der Waals surface area contributed by atoms with Gasteiger partial charge in [-0.2, -0.15) is 0 Å². The summed E-state index contributed by atoms with van der Waals surface area (Å²) in [6, 6.07) is 59.6. The fraction of sp³-hybridized carbons (Fsp3) is 0. The third-order valence-electron chi connectivity index (χ3n) is 10.1. The molecule has 0 saturated carbocycles. The molecule has 11 rings (SSSR count). The first kappa shape index (κ1) is 29.1. The number of fused-ring (bicyclic) bond motifs is 8. The maximum atomic E-state index is 6.71. The first-order valence-electron chi connectivity index (χ1n) is 17.4. The molecule has 0 saturated heterocycles. The van der Waals surface area contributed by atoms with Gasteiger partial charge in [-0.05, 0) is 70.4 Å². The quantitative estimate of drug-likeness (QED) is 0.181. The number of hydrogen-bond acceptors (Lipinski definition) is 5. The van der Waals surface area contributed by atoms with Crippen LogP contribution in [0, 0.1) is 0 Å². The number of para-hydroxylation sites is 1. The van der Waals surface area contributed by atoms with Gasteiger partial charge in [-0.3, -0.25) is 0 Å². The van der Waals surface area contributed by atoms with Crippen LogP contribution in [0.4, 0.5) is 17.1 Å². The second kappa shape index (κ2) is 11.4. The van der Waals surface area contributed by atoms with Crippen LogP contribution in [0.5, 0.6) is 0 Å². The summed E-state index contributed by atoms with van der Waals surface area (Å²) in [4.78, 5) is 7.66. The van der Waals surface area contributed by atoms with E-state index in [9.17, 15) is 0 Å². The van der Waals surface area contributed by atoms with Crippen molar-refractivity contribution in [3.8, 4) is 22.6 Å². The number of nitrogens with zero attached hydrogens (tertiary/aromatic N) is 2. The smallest absolute Gasteiger partial charge is 0.227 e. The van der Waals surface area contributed by atoms with Gasteiger partial charge in [0.25, 0.3) is 0 Å². The van der Waals surface area contributed by atoms with Crippen molar-refractivity contribution in [2.75, 3.05) is 4.90 Å². The lowest BCUT2D eigenvalue weighted by molar-refractivity contribution is 0.620. The Kier molecular flexibility index (Phi) is 6.39. The first-order valence-corrected chi connectivity index (χ1v) is 18.2. The summed E-state index contributed by atoms with van der Waals surface area (Å²) in [5.41, 5.74) is 9.48. The Hall–Kier alpha value is -6.69. The van der Waals surface area contributed by atoms with Gasteiger partial charge in [0.1, 0.15) is 16.7 Å². The van der Waals surface area contributed by atoms with E-state index in [0.717, 1.165) is 76.7 Å². The highest BCUT2D eigenvalue weighted by atomic mass is 32.1. The van der Waals surface area contributed by atoms with E-state index in [2.05, 4.69) is 163 Å². The Bertz CT molecular complexity index is 3140. The predicted molar refractivity (Wildman–Crippen MR) is 217 cm³/mol. The molecule has 0 radical (unpaired) electrons. The molecule has 8 aromatic carbocycles. The van der Waals surface area contributed by atoms with Crippen molar-refractivity contribution < 1.29 is 8.83 Å². The van der Waals surface area contributed by atoms with Gasteiger partial charge >= 0.3 is 0 Å². The van der Waals surface area contributed by atoms with Crippen molar-refractivity contribution in [1.82, 2.24) is 4.98 Å². The summed E-state index contributed by atoms with van der Waals surface area (Å²) in [6.07, 6.45) is 0. The van der Waals surface area contributed by atoms with Crippen LogP contribution in [0.25, 0.3) is 86.6 Å². The molecule has 3 heterocycles. The van der Waals surface area contributed by atoms with Gasteiger partial charge in [0.2, 0.25) is 5.89 Å². The molecule has 0 aliphatic heterocycles. The number of hydrogen-bond donors (Lipinski definition) is 0. The van der Waals surface area contributed by atoms with Crippen molar-refractivity contribution in [3.05, 3.63) is 170 Å². The summed E-state index contributed by atoms with van der Waals surface area (Å²) >= 11 is 1.78. The molecule has 0 amide bonds. The average molecular weight is 685 g/mol. The molecule has 0 N–H and O–H groups in total. The second-order valence-corrected chi connectivity index (χ2v) is 14.2. The molecule has 5 heteroatoms. The molecular weight excluding hydrogens is 657 g/mol. The van der Waals surface area contributed by atoms with E-state index in [0.29, 0.717) is 5.89 Å². The number of furan rings is 1. The van der Waals surface area contributed by atoms with Gasteiger partial charge < -0.3 is 13.7 Å². The largest absolute Gasteiger partial charge is 0.456 e. The van der Waals surface area contributed by atoms with E-state index in [-0.39, 0.29) is 0 Å². The molecule has 0 unspecified atom stereocenters. The van der Waals surface area contributed by atoms with Crippen molar-refractivity contribution in [2.24, 2.45) is 0 Å². The van der Waals surface area contributed by atoms with Gasteiger partial charge in [0, 0.05) is 60.0 Å². The van der Waals surface area contributed by atoms with E-state index in [1.165, 1.54) is 21.0 Å². The average Bonchev–Trinajstić information content (AvgIpc) is 3.91. The summed E-state index contributed by atoms with van der Waals surface area (Å²) in [7, 11) is 0. The molecule has 0 fully saturated rings. The summed E-state index contributed by atoms with van der Waals surface area (Å²) in [6.45, 7) is 0. The summed E-state index contributed by atoms with van der Waals surface area (Å²) in [5, 5.41) is 6.85. The van der Waals surface area contributed by atoms with Crippen LogP contribution in [0.15, 0.2) is 179 Å². The number of anilines is 3. The van der Waals surface area contributed by atoms with Gasteiger partial charge in [-0.25, -0.2) is 4.98 Å². The number of thiophene rings is 1. The van der Waals surface area contributed by atoms with Crippen molar-refractivity contribution in [2.45, 2.75) is 0 Å². The minimum atomic E-state index is 0.594. The highest BCUT2D eigenvalue weighted by Crippen LogP contribution is 2.50. The van der Waals surface area contributed by atoms with Gasteiger partial charge in [0.15, 0.2) is 5.58 Å². The van der Waals surface area contributed by atoms with Crippen LogP contribution in [-0.4, -0.2) is 4.98 Å². The molecule has 3 aromatic heterocycles. The maximum absolute atomic E-state index is 6.71. The van der Waals surface area contributed by atoms with Crippen LogP contribution in [0.1, 0.15) is 0 Å². The number of oxazole rings is 1. The monoisotopic (exact) mass is 684 g/mol. The van der Waals surface area contributed by atoms with Crippen LogP contribution < -0.4 is 4.90 Å². The van der Waals surface area contributed by atoms with Crippen LogP contribution in [0.3, 0.4) is 0 Å². The Morgan fingerprint density at radius 1 is 0.442 bits per heavy atom. The summed E-state index contributed by atoms with van der Waals surface area (Å²) in [5.74, 6) is 0.594. The third-order valence-corrected chi connectivity index (χ3v) is 11.2. The zero-order valence-electron chi connectivity index (χ0n) is 27.8. The van der Waals surface area contributed by atoms with Crippen LogP contribution >= 0.6 is 11.3 Å². The molecule has 52 heavy (non-hydrogen) atoms. The normalized spacial score (nSPS) is 11.8. The molecule has 0 spiro atoms. The molecule has 4 nitrogen and oxygen atoms in total. The van der Waals surface area contributed by atoms with Gasteiger partial charge in [-0.15, -0.1) is 11.3 Å². The minimum Gasteiger partial charge on any atom is -0.456 e. The second-order valence-electron chi connectivity index (χ2n) is 13.2. The predicted octanol–water partition coefficient (Wildman–Crippen LogP) is 14.1. The molecule has 0 bridgehead atoms. The topological polar surface area (TPSA) is 42.4 Å². The molecule has 0 atom stereocenters. The summed E-state index contributed by atoms with van der Waals surface area (Å²) < 4.78 is 15.5. The Balaban J connectivity index is 1.21. The highest BCUT2D eigenvalue weighted by molar-refractivity contribution is 7.26. The Labute approximate surface area is 302 Å². The fourth-order valence-electron chi connectivity index (χ4n) is 7.61. The number of aromatic nitrogens is 1. The fourth-order valence-corrected chi connectivity index (χ4v) is 8.74. The lowest BCUT2D eigenvalue weighted by Gasteiger charge is -2.27. The van der Waals surface area contributed by atoms with Crippen LogP contribution in [0.2, 0.25) is 0 Å². The van der Waals surface area contributed by atoms with Crippen molar-refractivity contribution >= 4 is 92.4 Å². The zero-order valence-corrected chi connectivity index (χ0v) is 28.6. The van der Waals surface area contributed by atoms with E-state index in [4.69, 9.17) is 13.8 Å². The lowest BCUT2D eigenvalue weighted by atomic mass is 10.0. The molecule has 0 aliphatic rings. The number of benzene rings is 8. The first-order chi connectivity index (χ1) is 25.7. The minimum absolute atomic E-state index is 0.594. The third kappa shape index (κ3) is 4.57. The van der Waals surface area contributed by atoms with Gasteiger partial charge in [0.05, 0.1) is 5.69 Å². The van der Waals surface area contributed by atoms with E-state index in [1.54, 1.807) is 11.3 Å². The highest BCUT2D eigenvalue weighted by Gasteiger charge is 2.26. The SMILES string of the molecule is c1ccc(-c2ccc(N(c3ccc4c(c3)oc3ccccc34)c3c4nc(-c5ccc6ccccc6c5)oc4cc4sc5ccccc5c34)cc2)cc1. The van der Waals surface area contributed by atoms with Crippen molar-refractivity contribution in [1.29, 1.82) is 0 Å². The maximum Gasteiger partial charge on any atom is 0.227 e. The molecule has 0 aliphatic carbocycles. The molecule has 244 valence electrons.